The highest BCUT2D eigenvalue weighted by Crippen LogP contribution is 2.42. The summed E-state index contributed by atoms with van der Waals surface area (Å²) in [5.41, 5.74) is 1.78. The summed E-state index contributed by atoms with van der Waals surface area (Å²) in [5, 5.41) is 4.61. The molecule has 9 heteroatoms. The van der Waals surface area contributed by atoms with Gasteiger partial charge in [0.05, 0.1) is 5.56 Å². The maximum atomic E-state index is 12.8. The van der Waals surface area contributed by atoms with E-state index in [1.165, 1.54) is 12.1 Å². The lowest BCUT2D eigenvalue weighted by Gasteiger charge is -2.27. The summed E-state index contributed by atoms with van der Waals surface area (Å²) in [6.45, 7) is 3.36. The number of nitrogens with zero attached hydrogens (tertiary/aromatic N) is 1. The van der Waals surface area contributed by atoms with Gasteiger partial charge in [-0.3, -0.25) is 0 Å². The van der Waals surface area contributed by atoms with Gasteiger partial charge in [-0.25, -0.2) is 4.79 Å². The van der Waals surface area contributed by atoms with Crippen molar-refractivity contribution in [2.45, 2.75) is 44.2 Å². The first-order chi connectivity index (χ1) is 18.0. The molecule has 1 aliphatic rings. The van der Waals surface area contributed by atoms with Crippen LogP contribution in [-0.4, -0.2) is 24.0 Å². The van der Waals surface area contributed by atoms with Gasteiger partial charge in [0.1, 0.15) is 0 Å². The van der Waals surface area contributed by atoms with Gasteiger partial charge in [0, 0.05) is 33.8 Å². The Morgan fingerprint density at radius 1 is 1.00 bits per heavy atom. The topological polar surface area (TPSA) is 32.3 Å². The molecule has 3 atom stereocenters. The van der Waals surface area contributed by atoms with Crippen LogP contribution in [0.1, 0.15) is 54.7 Å². The van der Waals surface area contributed by atoms with Crippen LogP contribution in [0.5, 0.6) is 0 Å². The average Bonchev–Trinajstić information content (AvgIpc) is 3.34. The minimum Gasteiger partial charge on any atom is -0.324 e. The number of hydrogen-bond donors (Lipinski definition) is 1. The van der Waals surface area contributed by atoms with Crippen molar-refractivity contribution in [2.75, 3.05) is 18.4 Å². The molecule has 1 N–H and O–H groups in total. The van der Waals surface area contributed by atoms with Crippen LogP contribution in [0.2, 0.25) is 15.1 Å². The van der Waals surface area contributed by atoms with E-state index in [0.717, 1.165) is 42.5 Å². The molecular weight excluding hydrogens is 556 g/mol. The van der Waals surface area contributed by atoms with E-state index in [-0.39, 0.29) is 17.9 Å². The molecule has 0 bridgehead atoms. The Balaban J connectivity index is 1.40. The smallest absolute Gasteiger partial charge is 0.324 e. The zero-order chi connectivity index (χ0) is 27.4. The first kappa shape index (κ1) is 28.6. The third kappa shape index (κ3) is 7.16. The molecule has 202 valence electrons. The zero-order valence-electron chi connectivity index (χ0n) is 20.7. The maximum absolute atomic E-state index is 12.8. The van der Waals surface area contributed by atoms with E-state index < -0.39 is 11.7 Å². The molecule has 1 fully saturated rings. The summed E-state index contributed by atoms with van der Waals surface area (Å²) in [4.78, 5) is 14.5. The Kier molecular flexibility index (Phi) is 9.17. The number of anilines is 1. The number of carbonyl (C=O) groups is 1. The van der Waals surface area contributed by atoms with Crippen molar-refractivity contribution in [3.63, 3.8) is 0 Å². The van der Waals surface area contributed by atoms with Crippen LogP contribution in [0, 0.1) is 5.92 Å². The number of rotatable bonds is 7. The third-order valence-corrected chi connectivity index (χ3v) is 8.10. The molecule has 0 aromatic heterocycles. The second-order valence-corrected chi connectivity index (χ2v) is 11.1. The van der Waals surface area contributed by atoms with Gasteiger partial charge in [0.15, 0.2) is 0 Å². The van der Waals surface area contributed by atoms with Crippen LogP contribution in [0.25, 0.3) is 0 Å². The lowest BCUT2D eigenvalue weighted by atomic mass is 9.78. The second kappa shape index (κ2) is 12.2. The predicted molar refractivity (Wildman–Crippen MR) is 148 cm³/mol. The molecule has 0 spiro atoms. The van der Waals surface area contributed by atoms with Gasteiger partial charge in [-0.2, -0.15) is 13.2 Å². The van der Waals surface area contributed by atoms with Crippen LogP contribution in [0.15, 0.2) is 66.7 Å². The summed E-state index contributed by atoms with van der Waals surface area (Å²) < 4.78 is 38.4. The van der Waals surface area contributed by atoms with Gasteiger partial charge in [-0.1, -0.05) is 59.9 Å². The number of benzene rings is 3. The monoisotopic (exact) mass is 582 g/mol. The van der Waals surface area contributed by atoms with Gasteiger partial charge < -0.3 is 10.2 Å². The first-order valence-electron chi connectivity index (χ1n) is 12.4. The standard InChI is InChI=1S/C29H28Cl3F3N2O/c1-18(20-3-7-22(30)8-4-20)25(26-13-9-23(31)16-27(26)32)12-2-19-14-15-37(17-19)28(38)36-24-10-5-21(6-11-24)29(33,34)35/h3-11,13,16,18-19,25H,2,12,14-15,17H2,1H3,(H,36,38). The van der Waals surface area contributed by atoms with E-state index >= 15 is 0 Å². The van der Waals surface area contributed by atoms with Crippen molar-refractivity contribution in [2.24, 2.45) is 5.92 Å². The number of amides is 2. The van der Waals surface area contributed by atoms with E-state index in [1.807, 2.05) is 36.4 Å². The van der Waals surface area contributed by atoms with Crippen molar-refractivity contribution in [1.82, 2.24) is 4.90 Å². The molecule has 2 amide bonds. The molecule has 1 aliphatic heterocycles. The first-order valence-corrected chi connectivity index (χ1v) is 13.6. The molecule has 4 rings (SSSR count). The summed E-state index contributed by atoms with van der Waals surface area (Å²) >= 11 is 18.9. The molecule has 0 saturated carbocycles. The number of nitrogens with one attached hydrogen (secondary N) is 1. The number of halogens is 6. The number of urea groups is 1. The largest absolute Gasteiger partial charge is 0.416 e. The van der Waals surface area contributed by atoms with Crippen molar-refractivity contribution in [3.05, 3.63) is 98.5 Å². The Labute approximate surface area is 235 Å². The van der Waals surface area contributed by atoms with Crippen LogP contribution in [0.4, 0.5) is 23.7 Å². The molecule has 1 heterocycles. The molecule has 3 nitrogen and oxygen atoms in total. The van der Waals surface area contributed by atoms with Gasteiger partial charge in [-0.15, -0.1) is 0 Å². The van der Waals surface area contributed by atoms with Gasteiger partial charge in [0.25, 0.3) is 0 Å². The molecule has 38 heavy (non-hydrogen) atoms. The second-order valence-electron chi connectivity index (χ2n) is 9.80. The molecule has 1 saturated heterocycles. The Bertz CT molecular complexity index is 1250. The summed E-state index contributed by atoms with van der Waals surface area (Å²) in [5.74, 6) is 0.613. The molecule has 3 unspecified atom stereocenters. The molecule has 3 aromatic carbocycles. The summed E-state index contributed by atoms with van der Waals surface area (Å²) in [6.07, 6.45) is -1.80. The minimum absolute atomic E-state index is 0.135. The predicted octanol–water partition coefficient (Wildman–Crippen LogP) is 9.89. The zero-order valence-corrected chi connectivity index (χ0v) is 23.0. The average molecular weight is 584 g/mol. The fourth-order valence-corrected chi connectivity index (χ4v) is 5.76. The van der Waals surface area contributed by atoms with Gasteiger partial charge >= 0.3 is 12.2 Å². The van der Waals surface area contributed by atoms with E-state index in [4.69, 9.17) is 34.8 Å². The number of likely N-dealkylation sites (tertiary alicyclic amines) is 1. The Morgan fingerprint density at radius 2 is 1.66 bits per heavy atom. The number of hydrogen-bond acceptors (Lipinski definition) is 1. The number of carbonyl (C=O) groups excluding carboxylic acids is 1. The highest BCUT2D eigenvalue weighted by atomic mass is 35.5. The van der Waals surface area contributed by atoms with Crippen LogP contribution in [-0.2, 0) is 6.18 Å². The Morgan fingerprint density at radius 3 is 2.29 bits per heavy atom. The quantitative estimate of drug-likeness (QED) is 0.295. The molecule has 0 aliphatic carbocycles. The maximum Gasteiger partial charge on any atom is 0.416 e. The highest BCUT2D eigenvalue weighted by molar-refractivity contribution is 6.35. The van der Waals surface area contributed by atoms with E-state index in [2.05, 4.69) is 12.2 Å². The van der Waals surface area contributed by atoms with E-state index in [1.54, 1.807) is 11.0 Å². The van der Waals surface area contributed by atoms with Crippen molar-refractivity contribution in [1.29, 1.82) is 0 Å². The van der Waals surface area contributed by atoms with Crippen LogP contribution < -0.4 is 5.32 Å². The van der Waals surface area contributed by atoms with Crippen LogP contribution >= 0.6 is 34.8 Å². The number of alkyl halides is 3. The lowest BCUT2D eigenvalue weighted by molar-refractivity contribution is -0.137. The lowest BCUT2D eigenvalue weighted by Crippen LogP contribution is -2.33. The van der Waals surface area contributed by atoms with Crippen molar-refractivity contribution in [3.8, 4) is 0 Å². The fraction of sp³-hybridized carbons (Fsp3) is 0.345. The highest BCUT2D eigenvalue weighted by Gasteiger charge is 2.31. The summed E-state index contributed by atoms with van der Waals surface area (Å²) in [6, 6.07) is 17.6. The molecule has 3 aromatic rings. The molecular formula is C29H28Cl3F3N2O. The normalized spacial score (nSPS) is 17.3. The SMILES string of the molecule is CC(c1ccc(Cl)cc1)C(CCC1CCN(C(=O)Nc2ccc(C(F)(F)F)cc2)C1)c1ccc(Cl)cc1Cl. The third-order valence-electron chi connectivity index (χ3n) is 7.28. The van der Waals surface area contributed by atoms with Crippen molar-refractivity contribution >= 4 is 46.5 Å². The van der Waals surface area contributed by atoms with E-state index in [9.17, 15) is 18.0 Å². The molecule has 0 radical (unpaired) electrons. The van der Waals surface area contributed by atoms with E-state index in [0.29, 0.717) is 39.8 Å². The fourth-order valence-electron chi connectivity index (χ4n) is 5.09. The Hall–Kier alpha value is -2.41. The van der Waals surface area contributed by atoms with Gasteiger partial charge in [0.2, 0.25) is 0 Å². The van der Waals surface area contributed by atoms with Gasteiger partial charge in [-0.05, 0) is 96.7 Å². The minimum atomic E-state index is -4.41. The van der Waals surface area contributed by atoms with Crippen molar-refractivity contribution < 1.29 is 18.0 Å². The van der Waals surface area contributed by atoms with Crippen LogP contribution in [0.3, 0.4) is 0 Å². The summed E-state index contributed by atoms with van der Waals surface area (Å²) in [7, 11) is 0.